The monoisotopic (exact) mass is 655 g/mol. The number of nitrogens with two attached hydrogens (primary N) is 1. The molecule has 2 aromatic carbocycles. The standard InChI is InChI=1S/C32H33F4N7O4/c1-18-7-10-43(41-18)24-14-20(19-4-6-25(46-2)22(33)13-19)3-5-21(24)28(32(34,35)36)47-27-15-26(39-30(37)40-27)42-11-8-31(9-12-42)16-23(29(44)45)38-17-31/h3-7,10,13-15,23,28,38H,8-9,11-12,16-17H2,1-2H3,(H,44,45)(H2,37,39,40)/t23-,28+/m0/s1. The van der Waals surface area contributed by atoms with Crippen molar-refractivity contribution in [1.82, 2.24) is 25.1 Å². The minimum absolute atomic E-state index is 0.0359. The van der Waals surface area contributed by atoms with E-state index in [4.69, 9.17) is 15.2 Å². The maximum atomic E-state index is 14.8. The number of hydrogen-bond acceptors (Lipinski definition) is 9. The van der Waals surface area contributed by atoms with E-state index in [1.807, 2.05) is 4.90 Å². The van der Waals surface area contributed by atoms with E-state index >= 15 is 0 Å². The number of methoxy groups -OCH3 is 1. The molecule has 47 heavy (non-hydrogen) atoms. The largest absolute Gasteiger partial charge is 0.494 e. The second-order valence-electron chi connectivity index (χ2n) is 11.9. The molecular formula is C32H33F4N7O4. The van der Waals surface area contributed by atoms with Gasteiger partial charge in [-0.15, -0.1) is 0 Å². The molecule has 0 amide bonds. The lowest BCUT2D eigenvalue weighted by Gasteiger charge is -2.39. The maximum absolute atomic E-state index is 14.8. The molecule has 0 saturated carbocycles. The first-order valence-electron chi connectivity index (χ1n) is 14.9. The van der Waals surface area contributed by atoms with Crippen molar-refractivity contribution in [1.29, 1.82) is 0 Å². The number of halogens is 4. The third-order valence-electron chi connectivity index (χ3n) is 8.82. The molecule has 0 unspecified atom stereocenters. The van der Waals surface area contributed by atoms with Gasteiger partial charge >= 0.3 is 12.1 Å². The number of anilines is 2. The van der Waals surface area contributed by atoms with Crippen LogP contribution in [0.5, 0.6) is 11.6 Å². The first kappa shape index (κ1) is 32.0. The Morgan fingerprint density at radius 1 is 1.11 bits per heavy atom. The number of ether oxygens (including phenoxy) is 2. The Morgan fingerprint density at radius 3 is 2.45 bits per heavy atom. The predicted molar refractivity (Wildman–Crippen MR) is 164 cm³/mol. The molecule has 15 heteroatoms. The highest BCUT2D eigenvalue weighted by Gasteiger charge is 2.46. The SMILES string of the molecule is COc1ccc(-c2ccc([C@@H](Oc3cc(N4CCC5(CC4)CN[C@H](C(=O)O)C5)nc(N)n3)C(F)(F)F)c(-n3ccc(C)n3)c2)cc1F. The molecule has 4 aromatic rings. The molecule has 248 valence electrons. The molecule has 2 aliphatic heterocycles. The number of nitrogens with one attached hydrogen (secondary N) is 1. The molecule has 2 saturated heterocycles. The van der Waals surface area contributed by atoms with E-state index in [9.17, 15) is 27.5 Å². The summed E-state index contributed by atoms with van der Waals surface area (Å²) in [4.78, 5) is 21.6. The highest BCUT2D eigenvalue weighted by molar-refractivity contribution is 5.74. The van der Waals surface area contributed by atoms with Crippen LogP contribution in [0.15, 0.2) is 54.7 Å². The number of benzene rings is 2. The fourth-order valence-corrected chi connectivity index (χ4v) is 6.30. The molecule has 4 heterocycles. The maximum Gasteiger partial charge on any atom is 0.429 e. The summed E-state index contributed by atoms with van der Waals surface area (Å²) in [6.07, 6.45) is -3.99. The van der Waals surface area contributed by atoms with Crippen molar-refractivity contribution < 1.29 is 36.9 Å². The molecule has 2 aromatic heterocycles. The summed E-state index contributed by atoms with van der Waals surface area (Å²) in [6, 6.07) is 10.9. The first-order chi connectivity index (χ1) is 22.3. The number of rotatable bonds is 8. The van der Waals surface area contributed by atoms with Crippen LogP contribution >= 0.6 is 0 Å². The lowest BCUT2D eigenvalue weighted by molar-refractivity contribution is -0.198. The van der Waals surface area contributed by atoms with Crippen molar-refractivity contribution in [2.45, 2.75) is 44.5 Å². The van der Waals surface area contributed by atoms with E-state index in [1.54, 1.807) is 19.1 Å². The lowest BCUT2D eigenvalue weighted by Crippen LogP contribution is -2.41. The summed E-state index contributed by atoms with van der Waals surface area (Å²) in [5.41, 5.74) is 7.05. The van der Waals surface area contributed by atoms with Crippen LogP contribution < -0.4 is 25.4 Å². The van der Waals surface area contributed by atoms with Gasteiger partial charge in [0.1, 0.15) is 11.9 Å². The Hall–Kier alpha value is -4.92. The molecule has 2 aliphatic rings. The number of hydrogen-bond donors (Lipinski definition) is 3. The Balaban J connectivity index is 1.31. The van der Waals surface area contributed by atoms with Crippen molar-refractivity contribution in [2.75, 3.05) is 37.4 Å². The molecule has 2 atom stereocenters. The molecule has 0 radical (unpaired) electrons. The Bertz CT molecular complexity index is 1790. The van der Waals surface area contributed by atoms with Crippen LogP contribution in [0.25, 0.3) is 16.8 Å². The Kier molecular flexibility index (Phi) is 8.42. The third-order valence-corrected chi connectivity index (χ3v) is 8.82. The van der Waals surface area contributed by atoms with Crippen LogP contribution in [0.1, 0.15) is 36.6 Å². The number of aromatic nitrogens is 4. The predicted octanol–water partition coefficient (Wildman–Crippen LogP) is 5.08. The highest BCUT2D eigenvalue weighted by atomic mass is 19.4. The minimum atomic E-state index is -4.89. The number of carbonyl (C=O) groups is 1. The van der Waals surface area contributed by atoms with Gasteiger partial charge in [-0.2, -0.15) is 28.2 Å². The average Bonchev–Trinajstić information content (AvgIpc) is 3.66. The van der Waals surface area contributed by atoms with Crippen LogP contribution in [0.2, 0.25) is 0 Å². The van der Waals surface area contributed by atoms with Gasteiger partial charge in [-0.3, -0.25) is 4.79 Å². The van der Waals surface area contributed by atoms with E-state index in [0.717, 1.165) is 0 Å². The number of carboxylic acid groups (broad SMARTS) is 1. The van der Waals surface area contributed by atoms with Gasteiger partial charge < -0.3 is 30.5 Å². The zero-order valence-electron chi connectivity index (χ0n) is 25.6. The molecule has 0 bridgehead atoms. The summed E-state index contributed by atoms with van der Waals surface area (Å²) < 4.78 is 70.9. The average molecular weight is 656 g/mol. The van der Waals surface area contributed by atoms with Crippen molar-refractivity contribution >= 4 is 17.7 Å². The van der Waals surface area contributed by atoms with E-state index in [0.29, 0.717) is 61.5 Å². The third kappa shape index (κ3) is 6.66. The minimum Gasteiger partial charge on any atom is -0.494 e. The smallest absolute Gasteiger partial charge is 0.429 e. The van der Waals surface area contributed by atoms with Crippen LogP contribution in [0, 0.1) is 18.2 Å². The van der Waals surface area contributed by atoms with Crippen LogP contribution in [-0.4, -0.2) is 69.8 Å². The van der Waals surface area contributed by atoms with Gasteiger partial charge in [-0.05, 0) is 67.0 Å². The van der Waals surface area contributed by atoms with Crippen LogP contribution in [0.4, 0.5) is 29.3 Å². The molecule has 1 spiro atoms. The fraction of sp³-hybridized carbons (Fsp3) is 0.375. The van der Waals surface area contributed by atoms with Gasteiger partial charge in [0.25, 0.3) is 0 Å². The lowest BCUT2D eigenvalue weighted by atomic mass is 9.76. The summed E-state index contributed by atoms with van der Waals surface area (Å²) in [5, 5.41) is 16.8. The fourth-order valence-electron chi connectivity index (χ4n) is 6.30. The van der Waals surface area contributed by atoms with E-state index in [2.05, 4.69) is 20.4 Å². The zero-order chi connectivity index (χ0) is 33.5. The Morgan fingerprint density at radius 2 is 1.83 bits per heavy atom. The second-order valence-corrected chi connectivity index (χ2v) is 11.9. The van der Waals surface area contributed by atoms with Gasteiger partial charge in [0.05, 0.1) is 18.5 Å². The van der Waals surface area contributed by atoms with E-state index in [-0.39, 0.29) is 34.2 Å². The number of piperidine rings is 1. The van der Waals surface area contributed by atoms with E-state index in [1.165, 1.54) is 54.4 Å². The van der Waals surface area contributed by atoms with Crippen LogP contribution in [0.3, 0.4) is 0 Å². The zero-order valence-corrected chi connectivity index (χ0v) is 25.6. The summed E-state index contributed by atoms with van der Waals surface area (Å²) in [5.74, 6) is -1.78. The number of aryl methyl sites for hydroxylation is 1. The Labute approximate surface area is 267 Å². The first-order valence-corrected chi connectivity index (χ1v) is 14.9. The van der Waals surface area contributed by atoms with Crippen molar-refractivity contribution in [3.8, 4) is 28.4 Å². The van der Waals surface area contributed by atoms with Crippen molar-refractivity contribution in [2.24, 2.45) is 5.41 Å². The summed E-state index contributed by atoms with van der Waals surface area (Å²) in [7, 11) is 1.34. The highest BCUT2D eigenvalue weighted by Crippen LogP contribution is 2.43. The molecule has 6 rings (SSSR count). The number of nitrogen functional groups attached to an aromatic ring is 1. The normalized spacial score (nSPS) is 18.3. The number of nitrogens with zero attached hydrogens (tertiary/aromatic N) is 5. The number of carboxylic acids is 1. The quantitative estimate of drug-likeness (QED) is 0.220. The van der Waals surface area contributed by atoms with Crippen molar-refractivity contribution in [3.05, 3.63) is 71.8 Å². The number of alkyl halides is 3. The molecule has 0 aliphatic carbocycles. The summed E-state index contributed by atoms with van der Waals surface area (Å²) in [6.45, 7) is 3.29. The summed E-state index contributed by atoms with van der Waals surface area (Å²) >= 11 is 0. The van der Waals surface area contributed by atoms with E-state index < -0.39 is 30.1 Å². The van der Waals surface area contributed by atoms with Gasteiger partial charge in [0.2, 0.25) is 17.9 Å². The molecule has 2 fully saturated rings. The molecule has 11 nitrogen and oxygen atoms in total. The van der Waals surface area contributed by atoms with Crippen molar-refractivity contribution in [3.63, 3.8) is 0 Å². The van der Waals surface area contributed by atoms with Gasteiger partial charge in [0, 0.05) is 37.5 Å². The topological polar surface area (TPSA) is 141 Å². The second kappa shape index (κ2) is 12.4. The van der Waals surface area contributed by atoms with Gasteiger partial charge in [-0.1, -0.05) is 18.2 Å². The van der Waals surface area contributed by atoms with Crippen LogP contribution in [-0.2, 0) is 4.79 Å². The van der Waals surface area contributed by atoms with Gasteiger partial charge in [-0.25, -0.2) is 9.07 Å². The number of aliphatic carboxylic acids is 1. The van der Waals surface area contributed by atoms with Gasteiger partial charge in [0.15, 0.2) is 11.6 Å². The molecular weight excluding hydrogens is 622 g/mol. The molecule has 4 N–H and O–H groups in total.